The zero-order chi connectivity index (χ0) is 14.7. The number of nitrogens with two attached hydrogens (primary N) is 1. The molecule has 3 N–H and O–H groups in total. The molecule has 0 aliphatic heterocycles. The standard InChI is InChI=1S/C15H18N4O/c1-4-17-14(20)12-10(3)18-15(16)19-13(12)11-7-5-9(2)6-8-11/h5-8H,4H2,1-3H3,(H,17,20)(H2,16,18,19). The monoisotopic (exact) mass is 270 g/mol. The maximum absolute atomic E-state index is 12.2. The number of carbonyl (C=O) groups is 1. The molecule has 0 fully saturated rings. The van der Waals surface area contributed by atoms with Gasteiger partial charge < -0.3 is 11.1 Å². The summed E-state index contributed by atoms with van der Waals surface area (Å²) in [6.45, 7) is 6.20. The van der Waals surface area contributed by atoms with E-state index in [1.807, 2.05) is 38.1 Å². The molecule has 1 aromatic carbocycles. The summed E-state index contributed by atoms with van der Waals surface area (Å²) >= 11 is 0. The van der Waals surface area contributed by atoms with Crippen LogP contribution in [0.3, 0.4) is 0 Å². The second kappa shape index (κ2) is 5.69. The van der Waals surface area contributed by atoms with Gasteiger partial charge >= 0.3 is 0 Å². The number of aryl methyl sites for hydroxylation is 2. The summed E-state index contributed by atoms with van der Waals surface area (Å²) in [6, 6.07) is 7.81. The maximum atomic E-state index is 12.2. The first-order chi connectivity index (χ1) is 9.52. The van der Waals surface area contributed by atoms with E-state index in [0.29, 0.717) is 23.5 Å². The molecule has 1 heterocycles. The van der Waals surface area contributed by atoms with Crippen molar-refractivity contribution >= 4 is 11.9 Å². The Hall–Kier alpha value is -2.43. The number of hydrogen-bond acceptors (Lipinski definition) is 4. The van der Waals surface area contributed by atoms with Crippen molar-refractivity contribution in [2.24, 2.45) is 0 Å². The molecule has 0 aliphatic carbocycles. The molecule has 0 saturated carbocycles. The van der Waals surface area contributed by atoms with Crippen LogP contribution in [0.15, 0.2) is 24.3 Å². The van der Waals surface area contributed by atoms with Crippen molar-refractivity contribution in [3.63, 3.8) is 0 Å². The highest BCUT2D eigenvalue weighted by molar-refractivity contribution is 6.01. The van der Waals surface area contributed by atoms with Crippen molar-refractivity contribution in [1.82, 2.24) is 15.3 Å². The number of amides is 1. The molecule has 0 atom stereocenters. The highest BCUT2D eigenvalue weighted by Gasteiger charge is 2.18. The highest BCUT2D eigenvalue weighted by Crippen LogP contribution is 2.24. The van der Waals surface area contributed by atoms with E-state index in [4.69, 9.17) is 5.73 Å². The first-order valence-corrected chi connectivity index (χ1v) is 6.52. The minimum Gasteiger partial charge on any atom is -0.368 e. The third-order valence-corrected chi connectivity index (χ3v) is 3.00. The molecule has 0 bridgehead atoms. The quantitative estimate of drug-likeness (QED) is 0.895. The molecule has 0 radical (unpaired) electrons. The van der Waals surface area contributed by atoms with Crippen molar-refractivity contribution in [1.29, 1.82) is 0 Å². The van der Waals surface area contributed by atoms with Crippen molar-refractivity contribution < 1.29 is 4.79 Å². The fourth-order valence-corrected chi connectivity index (χ4v) is 2.04. The Morgan fingerprint density at radius 1 is 1.20 bits per heavy atom. The summed E-state index contributed by atoms with van der Waals surface area (Å²) in [4.78, 5) is 20.5. The smallest absolute Gasteiger partial charge is 0.255 e. The lowest BCUT2D eigenvalue weighted by Gasteiger charge is -2.12. The van der Waals surface area contributed by atoms with Crippen LogP contribution >= 0.6 is 0 Å². The minimum atomic E-state index is -0.180. The first-order valence-electron chi connectivity index (χ1n) is 6.52. The number of anilines is 1. The van der Waals surface area contributed by atoms with E-state index in [0.717, 1.165) is 11.1 Å². The van der Waals surface area contributed by atoms with Crippen LogP contribution < -0.4 is 11.1 Å². The van der Waals surface area contributed by atoms with E-state index < -0.39 is 0 Å². The number of aromatic nitrogens is 2. The van der Waals surface area contributed by atoms with Crippen LogP contribution in [0.4, 0.5) is 5.95 Å². The second-order valence-electron chi connectivity index (χ2n) is 4.62. The lowest BCUT2D eigenvalue weighted by atomic mass is 10.0. The predicted octanol–water partition coefficient (Wildman–Crippen LogP) is 2.09. The SMILES string of the molecule is CCNC(=O)c1c(C)nc(N)nc1-c1ccc(C)cc1. The van der Waals surface area contributed by atoms with E-state index in [9.17, 15) is 4.79 Å². The van der Waals surface area contributed by atoms with Gasteiger partial charge in [-0.3, -0.25) is 4.79 Å². The van der Waals surface area contributed by atoms with Crippen LogP contribution in [0.2, 0.25) is 0 Å². The normalized spacial score (nSPS) is 10.3. The van der Waals surface area contributed by atoms with Crippen molar-refractivity contribution in [2.75, 3.05) is 12.3 Å². The third-order valence-electron chi connectivity index (χ3n) is 3.00. The summed E-state index contributed by atoms with van der Waals surface area (Å²) in [5.41, 5.74) is 9.35. The first kappa shape index (κ1) is 14.0. The molecule has 5 heteroatoms. The van der Waals surface area contributed by atoms with Crippen LogP contribution in [0.1, 0.15) is 28.5 Å². The Balaban J connectivity index is 2.61. The van der Waals surface area contributed by atoms with E-state index in [-0.39, 0.29) is 11.9 Å². The zero-order valence-electron chi connectivity index (χ0n) is 11.9. The lowest BCUT2D eigenvalue weighted by Crippen LogP contribution is -2.25. The Kier molecular flexibility index (Phi) is 3.98. The van der Waals surface area contributed by atoms with E-state index in [2.05, 4.69) is 15.3 Å². The summed E-state index contributed by atoms with van der Waals surface area (Å²) < 4.78 is 0. The number of nitrogens with one attached hydrogen (secondary N) is 1. The van der Waals surface area contributed by atoms with Gasteiger partial charge in [0.25, 0.3) is 5.91 Å². The van der Waals surface area contributed by atoms with Gasteiger partial charge in [-0.1, -0.05) is 29.8 Å². The number of carbonyl (C=O) groups excluding carboxylic acids is 1. The van der Waals surface area contributed by atoms with Gasteiger partial charge in [-0.2, -0.15) is 0 Å². The van der Waals surface area contributed by atoms with Gasteiger partial charge in [0.05, 0.1) is 17.0 Å². The molecule has 0 saturated heterocycles. The Morgan fingerprint density at radius 3 is 2.45 bits per heavy atom. The largest absolute Gasteiger partial charge is 0.368 e. The summed E-state index contributed by atoms with van der Waals surface area (Å²) in [5.74, 6) is -0.00769. The molecule has 0 spiro atoms. The zero-order valence-corrected chi connectivity index (χ0v) is 11.9. The number of nitrogens with zero attached hydrogens (tertiary/aromatic N) is 2. The van der Waals surface area contributed by atoms with Crippen molar-refractivity contribution in [3.05, 3.63) is 41.1 Å². The van der Waals surface area contributed by atoms with Crippen LogP contribution in [0.25, 0.3) is 11.3 Å². The van der Waals surface area contributed by atoms with E-state index >= 15 is 0 Å². The van der Waals surface area contributed by atoms with E-state index in [1.54, 1.807) is 6.92 Å². The fourth-order valence-electron chi connectivity index (χ4n) is 2.04. The number of rotatable bonds is 3. The molecular weight excluding hydrogens is 252 g/mol. The third kappa shape index (κ3) is 2.77. The van der Waals surface area contributed by atoms with Gasteiger partial charge in [0.2, 0.25) is 5.95 Å². The Bertz CT molecular complexity index is 635. The molecule has 5 nitrogen and oxygen atoms in total. The van der Waals surface area contributed by atoms with Gasteiger partial charge in [-0.05, 0) is 20.8 Å². The molecule has 1 aromatic heterocycles. The lowest BCUT2D eigenvalue weighted by molar-refractivity contribution is 0.0955. The van der Waals surface area contributed by atoms with Gasteiger partial charge in [0.1, 0.15) is 0 Å². The Morgan fingerprint density at radius 2 is 1.85 bits per heavy atom. The van der Waals surface area contributed by atoms with Crippen LogP contribution in [-0.2, 0) is 0 Å². The minimum absolute atomic E-state index is 0.172. The average Bonchev–Trinajstić information content (AvgIpc) is 2.38. The summed E-state index contributed by atoms with van der Waals surface area (Å²) in [5, 5.41) is 2.78. The Labute approximate surface area is 118 Å². The number of hydrogen-bond donors (Lipinski definition) is 2. The molecule has 0 unspecified atom stereocenters. The van der Waals surface area contributed by atoms with Crippen LogP contribution in [0, 0.1) is 13.8 Å². The topological polar surface area (TPSA) is 80.9 Å². The highest BCUT2D eigenvalue weighted by atomic mass is 16.1. The van der Waals surface area contributed by atoms with Gasteiger partial charge in [-0.25, -0.2) is 9.97 Å². The number of benzene rings is 1. The van der Waals surface area contributed by atoms with Crippen molar-refractivity contribution in [2.45, 2.75) is 20.8 Å². The molecule has 1 amide bonds. The predicted molar refractivity (Wildman–Crippen MR) is 79.4 cm³/mol. The van der Waals surface area contributed by atoms with Crippen LogP contribution in [0.5, 0.6) is 0 Å². The fraction of sp³-hybridized carbons (Fsp3) is 0.267. The van der Waals surface area contributed by atoms with Gasteiger partial charge in [-0.15, -0.1) is 0 Å². The van der Waals surface area contributed by atoms with Gasteiger partial charge in [0, 0.05) is 12.1 Å². The summed E-state index contributed by atoms with van der Waals surface area (Å²) in [6.07, 6.45) is 0. The maximum Gasteiger partial charge on any atom is 0.255 e. The van der Waals surface area contributed by atoms with E-state index in [1.165, 1.54) is 0 Å². The molecule has 20 heavy (non-hydrogen) atoms. The summed E-state index contributed by atoms with van der Waals surface area (Å²) in [7, 11) is 0. The molecule has 2 aromatic rings. The molecule has 0 aliphatic rings. The van der Waals surface area contributed by atoms with Crippen LogP contribution in [-0.4, -0.2) is 22.4 Å². The van der Waals surface area contributed by atoms with Gasteiger partial charge in [0.15, 0.2) is 0 Å². The molecule has 104 valence electrons. The second-order valence-corrected chi connectivity index (χ2v) is 4.62. The number of nitrogen functional groups attached to an aromatic ring is 1. The molecule has 2 rings (SSSR count). The average molecular weight is 270 g/mol. The van der Waals surface area contributed by atoms with Crippen molar-refractivity contribution in [3.8, 4) is 11.3 Å². The molecular formula is C15H18N4O.